The lowest BCUT2D eigenvalue weighted by Gasteiger charge is -2.04. The highest BCUT2D eigenvalue weighted by Gasteiger charge is 2.21. The normalized spacial score (nSPS) is 11.8. The lowest BCUT2D eigenvalue weighted by molar-refractivity contribution is 0.0977. The first kappa shape index (κ1) is 15.8. The van der Waals surface area contributed by atoms with Gasteiger partial charge in [-0.2, -0.15) is 0 Å². The van der Waals surface area contributed by atoms with Gasteiger partial charge in [0.15, 0.2) is 0 Å². The molecular formula is C17H14N2O4S. The van der Waals surface area contributed by atoms with E-state index in [0.29, 0.717) is 11.0 Å². The molecule has 0 aliphatic carbocycles. The molecular weight excluding hydrogens is 328 g/mol. The third-order valence-electron chi connectivity index (χ3n) is 3.30. The Morgan fingerprint density at radius 3 is 2.42 bits per heavy atom. The van der Waals surface area contributed by atoms with Gasteiger partial charge in [-0.05, 0) is 23.8 Å². The maximum absolute atomic E-state index is 12.3. The summed E-state index contributed by atoms with van der Waals surface area (Å²) >= 11 is 0. The number of anilines is 1. The van der Waals surface area contributed by atoms with E-state index >= 15 is 0 Å². The number of fused-ring (bicyclic) bond motifs is 1. The number of para-hydroxylation sites is 1. The first-order valence-electron chi connectivity index (χ1n) is 7.03. The molecule has 3 rings (SSSR count). The van der Waals surface area contributed by atoms with Crippen LogP contribution < -0.4 is 10.5 Å². The monoisotopic (exact) mass is 342 g/mol. The van der Waals surface area contributed by atoms with E-state index in [1.54, 1.807) is 48.5 Å². The van der Waals surface area contributed by atoms with Gasteiger partial charge in [0.1, 0.15) is 11.3 Å². The van der Waals surface area contributed by atoms with Crippen LogP contribution in [0.5, 0.6) is 0 Å². The smallest absolute Gasteiger partial charge is 0.286 e. The molecule has 24 heavy (non-hydrogen) atoms. The molecule has 0 fully saturated rings. The molecule has 2 aromatic carbocycles. The number of amides is 1. The molecule has 3 N–H and O–H groups in total. The molecule has 3 aromatic rings. The van der Waals surface area contributed by atoms with Crippen LogP contribution in [0.1, 0.15) is 16.1 Å². The van der Waals surface area contributed by atoms with Crippen LogP contribution in [0, 0.1) is 0 Å². The van der Waals surface area contributed by atoms with Crippen LogP contribution in [-0.2, 0) is 10.0 Å². The van der Waals surface area contributed by atoms with Gasteiger partial charge in [0.2, 0.25) is 5.76 Å². The zero-order valence-corrected chi connectivity index (χ0v) is 13.3. The number of carbonyl (C=O) groups is 1. The molecule has 1 aromatic heterocycles. The minimum Gasteiger partial charge on any atom is -0.449 e. The van der Waals surface area contributed by atoms with Crippen LogP contribution in [0.15, 0.2) is 64.4 Å². The molecule has 122 valence electrons. The largest absolute Gasteiger partial charge is 0.449 e. The van der Waals surface area contributed by atoms with Crippen LogP contribution >= 0.6 is 0 Å². The first-order valence-corrected chi connectivity index (χ1v) is 8.58. The van der Waals surface area contributed by atoms with E-state index in [4.69, 9.17) is 10.2 Å². The number of furan rings is 1. The van der Waals surface area contributed by atoms with Crippen LogP contribution in [0.3, 0.4) is 0 Å². The maximum Gasteiger partial charge on any atom is 0.286 e. The van der Waals surface area contributed by atoms with Crippen LogP contribution in [0.25, 0.3) is 17.0 Å². The molecule has 0 aliphatic rings. The molecule has 0 spiro atoms. The predicted molar refractivity (Wildman–Crippen MR) is 92.8 cm³/mol. The maximum atomic E-state index is 12.3. The van der Waals surface area contributed by atoms with Gasteiger partial charge in [-0.25, -0.2) is 8.42 Å². The van der Waals surface area contributed by atoms with Gasteiger partial charge >= 0.3 is 0 Å². The Kier molecular flexibility index (Phi) is 4.09. The molecule has 0 saturated carbocycles. The average molecular weight is 342 g/mol. The van der Waals surface area contributed by atoms with Crippen LogP contribution in [-0.4, -0.2) is 14.3 Å². The number of nitrogens with two attached hydrogens (primary N) is 1. The number of sulfonamides is 1. The van der Waals surface area contributed by atoms with Crippen molar-refractivity contribution in [3.8, 4) is 0 Å². The summed E-state index contributed by atoms with van der Waals surface area (Å²) in [6.45, 7) is 0. The second-order valence-corrected chi connectivity index (χ2v) is 6.59. The molecule has 0 bridgehead atoms. The fraction of sp³-hybridized carbons (Fsp3) is 0. The average Bonchev–Trinajstić information content (AvgIpc) is 2.93. The van der Waals surface area contributed by atoms with Crippen molar-refractivity contribution in [1.82, 2.24) is 0 Å². The fourth-order valence-corrected chi connectivity index (χ4v) is 3.12. The van der Waals surface area contributed by atoms with Crippen molar-refractivity contribution in [3.05, 3.63) is 71.3 Å². The van der Waals surface area contributed by atoms with E-state index in [1.807, 2.05) is 6.07 Å². The molecule has 0 unspecified atom stereocenters. The van der Waals surface area contributed by atoms with Crippen molar-refractivity contribution in [1.29, 1.82) is 0 Å². The summed E-state index contributed by atoms with van der Waals surface area (Å²) in [4.78, 5) is 11.5. The molecule has 1 amide bonds. The number of primary amides is 1. The van der Waals surface area contributed by atoms with E-state index in [2.05, 4.69) is 4.72 Å². The highest BCUT2D eigenvalue weighted by molar-refractivity contribution is 7.95. The summed E-state index contributed by atoms with van der Waals surface area (Å²) in [5, 5.41) is 1.48. The second kappa shape index (κ2) is 6.21. The van der Waals surface area contributed by atoms with E-state index < -0.39 is 15.9 Å². The highest BCUT2D eigenvalue weighted by Crippen LogP contribution is 2.31. The number of rotatable bonds is 5. The quantitative estimate of drug-likeness (QED) is 0.744. The SMILES string of the molecule is NC(=O)c1oc2ccccc2c1NS(=O)(=O)C=Cc1ccccc1. The van der Waals surface area contributed by atoms with E-state index in [9.17, 15) is 13.2 Å². The van der Waals surface area contributed by atoms with Crippen molar-refractivity contribution in [2.45, 2.75) is 0 Å². The van der Waals surface area contributed by atoms with Crippen molar-refractivity contribution >= 4 is 38.7 Å². The van der Waals surface area contributed by atoms with Gasteiger partial charge in [-0.15, -0.1) is 0 Å². The Hall–Kier alpha value is -3.06. The van der Waals surface area contributed by atoms with Gasteiger partial charge < -0.3 is 10.2 Å². The first-order chi connectivity index (χ1) is 11.5. The minimum absolute atomic E-state index is 0.0378. The number of benzene rings is 2. The van der Waals surface area contributed by atoms with E-state index in [1.165, 1.54) is 6.08 Å². The third kappa shape index (κ3) is 3.31. The lowest BCUT2D eigenvalue weighted by Crippen LogP contribution is -2.15. The summed E-state index contributed by atoms with van der Waals surface area (Å²) in [5.41, 5.74) is 6.42. The Bertz CT molecular complexity index is 1020. The molecule has 6 nitrogen and oxygen atoms in total. The molecule has 0 atom stereocenters. The van der Waals surface area contributed by atoms with E-state index in [-0.39, 0.29) is 11.4 Å². The summed E-state index contributed by atoms with van der Waals surface area (Å²) in [5.74, 6) is -1.08. The number of nitrogens with one attached hydrogen (secondary N) is 1. The number of carbonyl (C=O) groups excluding carboxylic acids is 1. The summed E-state index contributed by atoms with van der Waals surface area (Å²) in [7, 11) is -3.85. The molecule has 0 aliphatic heterocycles. The minimum atomic E-state index is -3.85. The molecule has 1 heterocycles. The Morgan fingerprint density at radius 2 is 1.71 bits per heavy atom. The summed E-state index contributed by atoms with van der Waals surface area (Å²) < 4.78 is 32.3. The van der Waals surface area contributed by atoms with Crippen LogP contribution in [0.4, 0.5) is 5.69 Å². The van der Waals surface area contributed by atoms with Crippen molar-refractivity contribution in [2.24, 2.45) is 5.73 Å². The summed E-state index contributed by atoms with van der Waals surface area (Å²) in [6.07, 6.45) is 1.45. The zero-order chi connectivity index (χ0) is 17.2. The van der Waals surface area contributed by atoms with Crippen molar-refractivity contribution < 1.29 is 17.6 Å². The van der Waals surface area contributed by atoms with Gasteiger partial charge in [0.05, 0.1) is 5.41 Å². The molecule has 7 heteroatoms. The Morgan fingerprint density at radius 1 is 1.04 bits per heavy atom. The second-order valence-electron chi connectivity index (χ2n) is 5.03. The van der Waals surface area contributed by atoms with Crippen molar-refractivity contribution in [3.63, 3.8) is 0 Å². The van der Waals surface area contributed by atoms with Crippen LogP contribution in [0.2, 0.25) is 0 Å². The fourth-order valence-electron chi connectivity index (χ4n) is 2.23. The zero-order valence-electron chi connectivity index (χ0n) is 12.5. The van der Waals surface area contributed by atoms with Gasteiger partial charge in [0, 0.05) is 5.39 Å². The van der Waals surface area contributed by atoms with Gasteiger partial charge in [0.25, 0.3) is 15.9 Å². The van der Waals surface area contributed by atoms with Gasteiger partial charge in [-0.3, -0.25) is 9.52 Å². The molecule has 0 radical (unpaired) electrons. The van der Waals surface area contributed by atoms with Gasteiger partial charge in [-0.1, -0.05) is 42.5 Å². The topological polar surface area (TPSA) is 102 Å². The molecule has 0 saturated heterocycles. The number of hydrogen-bond acceptors (Lipinski definition) is 4. The third-order valence-corrected chi connectivity index (χ3v) is 4.29. The number of hydrogen-bond donors (Lipinski definition) is 2. The van der Waals surface area contributed by atoms with E-state index in [0.717, 1.165) is 11.0 Å². The predicted octanol–water partition coefficient (Wildman–Crippen LogP) is 2.94. The lowest BCUT2D eigenvalue weighted by atomic mass is 10.2. The highest BCUT2D eigenvalue weighted by atomic mass is 32.2. The summed E-state index contributed by atoms with van der Waals surface area (Å²) in [6, 6.07) is 15.7. The van der Waals surface area contributed by atoms with Crippen molar-refractivity contribution in [2.75, 3.05) is 4.72 Å². The Labute approximate surface area is 138 Å². The standard InChI is InChI=1S/C17H14N2O4S/c18-17(20)16-15(13-8-4-5-9-14(13)23-16)19-24(21,22)11-10-12-6-2-1-3-7-12/h1-11,19H,(H2,18,20). The Balaban J connectivity index is 1.98.